The number of unbranched alkanes of at least 4 members (excludes halogenated alkanes) is 8. The third-order valence-corrected chi connectivity index (χ3v) is 6.95. The molecule has 0 unspecified atom stereocenters. The summed E-state index contributed by atoms with van der Waals surface area (Å²) in [5, 5.41) is 0. The summed E-state index contributed by atoms with van der Waals surface area (Å²) in [6, 6.07) is 20.5. The first-order valence-corrected chi connectivity index (χ1v) is 15.2. The lowest BCUT2D eigenvalue weighted by Gasteiger charge is -2.09. The van der Waals surface area contributed by atoms with Gasteiger partial charge in [0, 0.05) is 22.3 Å². The Hall–Kier alpha value is -3.62. The van der Waals surface area contributed by atoms with Crippen LogP contribution in [0.5, 0.6) is 11.5 Å². The zero-order valence-corrected chi connectivity index (χ0v) is 25.1. The maximum Gasteiger partial charge on any atom is 0.122 e. The molecule has 0 aliphatic rings. The van der Waals surface area contributed by atoms with Gasteiger partial charge in [-0.15, -0.1) is 0 Å². The quantitative estimate of drug-likeness (QED) is 0.151. The molecule has 0 fully saturated rings. The molecule has 0 amide bonds. The van der Waals surface area contributed by atoms with Crippen molar-refractivity contribution >= 4 is 0 Å². The first-order chi connectivity index (χ1) is 19.6. The lowest BCUT2D eigenvalue weighted by molar-refractivity contribution is 0.302. The van der Waals surface area contributed by atoms with E-state index < -0.39 is 0 Å². The molecular weight excluding hydrogens is 488 g/mol. The normalized spacial score (nSPS) is 10.3. The van der Waals surface area contributed by atoms with E-state index in [0.29, 0.717) is 0 Å². The molecule has 0 aliphatic heterocycles. The van der Waals surface area contributed by atoms with Crippen molar-refractivity contribution in [2.45, 2.75) is 91.9 Å². The van der Waals surface area contributed by atoms with Crippen LogP contribution in [-0.4, -0.2) is 13.2 Å². The molecule has 3 aromatic rings. The summed E-state index contributed by atoms with van der Waals surface area (Å²) in [5.41, 5.74) is 6.20. The number of benzene rings is 3. The number of rotatable bonds is 14. The van der Waals surface area contributed by atoms with Crippen molar-refractivity contribution in [1.82, 2.24) is 0 Å². The van der Waals surface area contributed by atoms with E-state index in [-0.39, 0.29) is 0 Å². The van der Waals surface area contributed by atoms with Crippen LogP contribution in [-0.2, 0) is 0 Å². The predicted octanol–water partition coefficient (Wildman–Crippen LogP) is 9.80. The Morgan fingerprint density at radius 2 is 0.800 bits per heavy atom. The molecule has 2 heteroatoms. The van der Waals surface area contributed by atoms with Crippen molar-refractivity contribution in [1.29, 1.82) is 0 Å². The van der Waals surface area contributed by atoms with Crippen molar-refractivity contribution in [3.8, 4) is 35.2 Å². The van der Waals surface area contributed by atoms with E-state index in [0.717, 1.165) is 70.9 Å². The summed E-state index contributed by atoms with van der Waals surface area (Å²) in [5.74, 6) is 15.0. The molecule has 0 aromatic heterocycles. The van der Waals surface area contributed by atoms with Crippen LogP contribution in [0.15, 0.2) is 60.7 Å². The molecule has 0 spiro atoms. The number of hydrogen-bond donors (Lipinski definition) is 0. The van der Waals surface area contributed by atoms with Gasteiger partial charge in [-0.2, -0.15) is 0 Å². The van der Waals surface area contributed by atoms with Crippen LogP contribution < -0.4 is 9.47 Å². The van der Waals surface area contributed by atoms with Gasteiger partial charge >= 0.3 is 0 Å². The highest BCUT2D eigenvalue weighted by Crippen LogP contribution is 2.21. The van der Waals surface area contributed by atoms with Gasteiger partial charge in [-0.1, -0.05) is 88.9 Å². The van der Waals surface area contributed by atoms with Crippen molar-refractivity contribution < 1.29 is 9.47 Å². The Morgan fingerprint density at radius 1 is 0.450 bits per heavy atom. The molecule has 3 aromatic carbocycles. The van der Waals surface area contributed by atoms with E-state index in [1.54, 1.807) is 0 Å². The summed E-state index contributed by atoms with van der Waals surface area (Å²) < 4.78 is 12.0. The molecule has 0 N–H and O–H groups in total. The molecule has 0 saturated carbocycles. The maximum atomic E-state index is 5.98. The molecule has 40 heavy (non-hydrogen) atoms. The zero-order chi connectivity index (χ0) is 28.4. The standard InChI is InChI=1S/C38H46O2/c1-5-7-9-11-13-27-39-37-25-23-35(29-31(37)3)21-19-33-15-17-34(18-16-33)20-22-36-24-26-38(32(4)30-36)40-28-14-12-10-8-6-2/h15-18,23-26,29-30H,5-14,27-28H2,1-4H3. The fourth-order valence-corrected chi connectivity index (χ4v) is 4.48. The van der Waals surface area contributed by atoms with Gasteiger partial charge in [0.15, 0.2) is 0 Å². The Balaban J connectivity index is 1.50. The molecule has 3 rings (SSSR count). The van der Waals surface area contributed by atoms with Gasteiger partial charge in [0.05, 0.1) is 13.2 Å². The highest BCUT2D eigenvalue weighted by atomic mass is 16.5. The number of hydrogen-bond acceptors (Lipinski definition) is 2. The van der Waals surface area contributed by atoms with Crippen LogP contribution in [0.3, 0.4) is 0 Å². The molecule has 210 valence electrons. The highest BCUT2D eigenvalue weighted by molar-refractivity contribution is 5.50. The molecule has 0 bridgehead atoms. The average Bonchev–Trinajstić information content (AvgIpc) is 2.96. The second-order valence-electron chi connectivity index (χ2n) is 10.6. The van der Waals surface area contributed by atoms with Crippen LogP contribution in [0, 0.1) is 37.5 Å². The molecule has 0 saturated heterocycles. The highest BCUT2D eigenvalue weighted by Gasteiger charge is 2.02. The summed E-state index contributed by atoms with van der Waals surface area (Å²) in [6.07, 6.45) is 12.5. The minimum atomic E-state index is 0.781. The fourth-order valence-electron chi connectivity index (χ4n) is 4.48. The van der Waals surface area contributed by atoms with Crippen LogP contribution in [0.1, 0.15) is 111 Å². The third kappa shape index (κ3) is 11.2. The van der Waals surface area contributed by atoms with E-state index in [9.17, 15) is 0 Å². The van der Waals surface area contributed by atoms with E-state index in [1.807, 2.05) is 48.5 Å². The Labute approximate surface area is 243 Å². The number of aryl methyl sites for hydroxylation is 2. The second-order valence-corrected chi connectivity index (χ2v) is 10.6. The fraction of sp³-hybridized carbons (Fsp3) is 0.421. The third-order valence-electron chi connectivity index (χ3n) is 6.95. The van der Waals surface area contributed by atoms with E-state index in [4.69, 9.17) is 9.47 Å². The maximum absolute atomic E-state index is 5.98. The van der Waals surface area contributed by atoms with Gasteiger partial charge in [-0.05, 0) is 98.5 Å². The second kappa shape index (κ2) is 17.9. The monoisotopic (exact) mass is 534 g/mol. The van der Waals surface area contributed by atoms with Crippen molar-refractivity contribution in [3.05, 3.63) is 94.0 Å². The van der Waals surface area contributed by atoms with Crippen LogP contribution in [0.2, 0.25) is 0 Å². The van der Waals surface area contributed by atoms with E-state index in [2.05, 4.69) is 63.5 Å². The smallest absolute Gasteiger partial charge is 0.122 e. The minimum absolute atomic E-state index is 0.781. The van der Waals surface area contributed by atoms with Gasteiger partial charge in [0.2, 0.25) is 0 Å². The van der Waals surface area contributed by atoms with Crippen molar-refractivity contribution in [2.24, 2.45) is 0 Å². The largest absolute Gasteiger partial charge is 0.493 e. The van der Waals surface area contributed by atoms with Gasteiger partial charge in [-0.25, -0.2) is 0 Å². The van der Waals surface area contributed by atoms with Crippen LogP contribution in [0.25, 0.3) is 0 Å². The van der Waals surface area contributed by atoms with Crippen molar-refractivity contribution in [3.63, 3.8) is 0 Å². The molecule has 2 nitrogen and oxygen atoms in total. The summed E-state index contributed by atoms with van der Waals surface area (Å²) >= 11 is 0. The SMILES string of the molecule is CCCCCCCOc1ccc(C#Cc2ccc(C#Cc3ccc(OCCCCCCC)c(C)c3)cc2)cc1C. The predicted molar refractivity (Wildman–Crippen MR) is 169 cm³/mol. The number of ether oxygens (including phenoxy) is 2. The van der Waals surface area contributed by atoms with Gasteiger partial charge in [-0.3, -0.25) is 0 Å². The van der Waals surface area contributed by atoms with Gasteiger partial charge < -0.3 is 9.47 Å². The molecule has 0 atom stereocenters. The average molecular weight is 535 g/mol. The molecular formula is C38H46O2. The summed E-state index contributed by atoms with van der Waals surface area (Å²) in [7, 11) is 0. The van der Waals surface area contributed by atoms with Gasteiger partial charge in [0.25, 0.3) is 0 Å². The topological polar surface area (TPSA) is 18.5 Å². The molecule has 0 heterocycles. The Morgan fingerprint density at radius 3 is 1.18 bits per heavy atom. The summed E-state index contributed by atoms with van der Waals surface area (Å²) in [4.78, 5) is 0. The van der Waals surface area contributed by atoms with Crippen molar-refractivity contribution in [2.75, 3.05) is 13.2 Å². The first-order valence-electron chi connectivity index (χ1n) is 15.2. The van der Waals surface area contributed by atoms with Gasteiger partial charge in [0.1, 0.15) is 11.5 Å². The van der Waals surface area contributed by atoms with E-state index in [1.165, 1.54) is 51.4 Å². The Kier molecular flexibility index (Phi) is 13.8. The summed E-state index contributed by atoms with van der Waals surface area (Å²) in [6.45, 7) is 10.2. The van der Waals surface area contributed by atoms with E-state index >= 15 is 0 Å². The lowest BCUT2D eigenvalue weighted by Crippen LogP contribution is -1.99. The zero-order valence-electron chi connectivity index (χ0n) is 25.1. The molecule has 0 radical (unpaired) electrons. The lowest BCUT2D eigenvalue weighted by atomic mass is 10.1. The molecule has 0 aliphatic carbocycles. The van der Waals surface area contributed by atoms with Crippen LogP contribution >= 0.6 is 0 Å². The Bertz CT molecular complexity index is 1190. The minimum Gasteiger partial charge on any atom is -0.493 e. The first kappa shape index (κ1) is 30.9. The van der Waals surface area contributed by atoms with Crippen LogP contribution in [0.4, 0.5) is 0 Å².